The first-order valence-corrected chi connectivity index (χ1v) is 14.9. The minimum atomic E-state index is 0.669. The van der Waals surface area contributed by atoms with E-state index in [4.69, 9.17) is 14.8 Å². The van der Waals surface area contributed by atoms with Gasteiger partial charge in [0.25, 0.3) is 0 Å². The summed E-state index contributed by atoms with van der Waals surface area (Å²) in [6.07, 6.45) is 7.26. The molecule has 5 aromatic rings. The molecule has 1 fully saturated rings. The number of aromatic nitrogens is 6. The highest BCUT2D eigenvalue weighted by Gasteiger charge is 2.13. The molecule has 0 atom stereocenters. The van der Waals surface area contributed by atoms with Crippen LogP contribution in [0.2, 0.25) is 0 Å². The summed E-state index contributed by atoms with van der Waals surface area (Å²) in [5.74, 6) is 2.63. The standard InChI is InChI=1S/C28H31N7OS2/c1-21-20-38-28(30-21)37-16-14-34-19-23(18-29-34)25-5-4-6-27-31-26(32-35(25)27)17-22-7-9-24(10-8-22)36-15-13-33-11-2-3-12-33/h4-10,18-20H,2-3,11-17H2,1H3. The van der Waals surface area contributed by atoms with Gasteiger partial charge in [0.2, 0.25) is 0 Å². The Labute approximate surface area is 230 Å². The molecule has 0 aliphatic carbocycles. The van der Waals surface area contributed by atoms with E-state index >= 15 is 0 Å². The van der Waals surface area contributed by atoms with Crippen LogP contribution in [-0.4, -0.2) is 66.3 Å². The third-order valence-corrected chi connectivity index (χ3v) is 8.76. The molecule has 0 saturated carbocycles. The van der Waals surface area contributed by atoms with Crippen molar-refractivity contribution in [2.45, 2.75) is 37.1 Å². The quantitative estimate of drug-likeness (QED) is 0.211. The first kappa shape index (κ1) is 25.1. The SMILES string of the molecule is Cc1csc(SCCn2cc(-c3cccc4nc(Cc5ccc(OCCN6CCCC6)cc5)nn34)cn2)n1. The van der Waals surface area contributed by atoms with Crippen molar-refractivity contribution in [2.24, 2.45) is 0 Å². The third kappa shape index (κ3) is 6.09. The van der Waals surface area contributed by atoms with E-state index in [2.05, 4.69) is 44.8 Å². The number of likely N-dealkylation sites (tertiary alicyclic amines) is 1. The molecule has 0 N–H and O–H groups in total. The van der Waals surface area contributed by atoms with Crippen LogP contribution in [0, 0.1) is 6.92 Å². The van der Waals surface area contributed by atoms with Crippen molar-refractivity contribution in [1.29, 1.82) is 0 Å². The summed E-state index contributed by atoms with van der Waals surface area (Å²) >= 11 is 3.46. The summed E-state index contributed by atoms with van der Waals surface area (Å²) in [7, 11) is 0. The maximum atomic E-state index is 5.95. The average molecular weight is 546 g/mol. The summed E-state index contributed by atoms with van der Waals surface area (Å²) in [6, 6.07) is 14.4. The van der Waals surface area contributed by atoms with Crippen LogP contribution in [-0.2, 0) is 13.0 Å². The van der Waals surface area contributed by atoms with Crippen LogP contribution in [0.3, 0.4) is 0 Å². The average Bonchev–Trinajstić information content (AvgIpc) is 3.73. The molecule has 0 bridgehead atoms. The molecule has 10 heteroatoms. The number of thioether (sulfide) groups is 1. The van der Waals surface area contributed by atoms with Gasteiger partial charge in [-0.15, -0.1) is 11.3 Å². The van der Waals surface area contributed by atoms with Gasteiger partial charge in [-0.2, -0.15) is 10.2 Å². The lowest BCUT2D eigenvalue weighted by Crippen LogP contribution is -2.25. The number of rotatable bonds is 11. The first-order chi connectivity index (χ1) is 18.7. The molecular formula is C28H31N7OS2. The molecular weight excluding hydrogens is 514 g/mol. The molecule has 0 radical (unpaired) electrons. The summed E-state index contributed by atoms with van der Waals surface area (Å²) in [6.45, 7) is 6.98. The Kier molecular flexibility index (Phi) is 7.71. The molecule has 6 rings (SSSR count). The van der Waals surface area contributed by atoms with E-state index in [-0.39, 0.29) is 0 Å². The van der Waals surface area contributed by atoms with E-state index in [1.165, 1.54) is 25.9 Å². The fraction of sp³-hybridized carbons (Fsp3) is 0.357. The van der Waals surface area contributed by atoms with Crippen molar-refractivity contribution in [3.05, 3.63) is 77.3 Å². The zero-order chi connectivity index (χ0) is 25.7. The minimum absolute atomic E-state index is 0.669. The van der Waals surface area contributed by atoms with Crippen LogP contribution in [0.1, 0.15) is 29.9 Å². The lowest BCUT2D eigenvalue weighted by atomic mass is 10.1. The third-order valence-electron chi connectivity index (χ3n) is 6.64. The summed E-state index contributed by atoms with van der Waals surface area (Å²) < 4.78 is 10.9. The Bertz CT molecular complexity index is 1480. The monoisotopic (exact) mass is 545 g/mol. The molecule has 1 aromatic carbocycles. The minimum Gasteiger partial charge on any atom is -0.492 e. The number of benzene rings is 1. The van der Waals surface area contributed by atoms with Crippen LogP contribution in [0.25, 0.3) is 16.9 Å². The predicted molar refractivity (Wildman–Crippen MR) is 152 cm³/mol. The van der Waals surface area contributed by atoms with E-state index in [1.54, 1.807) is 23.1 Å². The van der Waals surface area contributed by atoms with Crippen molar-refractivity contribution in [3.63, 3.8) is 0 Å². The lowest BCUT2D eigenvalue weighted by Gasteiger charge is -2.14. The molecule has 1 aliphatic heterocycles. The van der Waals surface area contributed by atoms with Gasteiger partial charge >= 0.3 is 0 Å². The van der Waals surface area contributed by atoms with Gasteiger partial charge in [-0.3, -0.25) is 9.58 Å². The molecule has 4 aromatic heterocycles. The van der Waals surface area contributed by atoms with Crippen molar-refractivity contribution in [2.75, 3.05) is 32.0 Å². The van der Waals surface area contributed by atoms with Crippen molar-refractivity contribution in [1.82, 2.24) is 34.3 Å². The molecule has 0 spiro atoms. The maximum absolute atomic E-state index is 5.95. The van der Waals surface area contributed by atoms with Crippen molar-refractivity contribution < 1.29 is 4.74 Å². The second-order valence-corrected chi connectivity index (χ2v) is 11.7. The maximum Gasteiger partial charge on any atom is 0.156 e. The fourth-order valence-electron chi connectivity index (χ4n) is 4.67. The van der Waals surface area contributed by atoms with Gasteiger partial charge in [-0.05, 0) is 62.7 Å². The summed E-state index contributed by atoms with van der Waals surface area (Å²) in [5.41, 5.74) is 5.08. The molecule has 5 heterocycles. The largest absolute Gasteiger partial charge is 0.492 e. The second kappa shape index (κ2) is 11.7. The lowest BCUT2D eigenvalue weighted by molar-refractivity contribution is 0.238. The van der Waals surface area contributed by atoms with Gasteiger partial charge in [0, 0.05) is 41.6 Å². The van der Waals surface area contributed by atoms with Gasteiger partial charge in [0.1, 0.15) is 16.7 Å². The van der Waals surface area contributed by atoms with Crippen LogP contribution >= 0.6 is 23.1 Å². The molecule has 196 valence electrons. The van der Waals surface area contributed by atoms with E-state index in [0.717, 1.165) is 69.5 Å². The Morgan fingerprint density at radius 2 is 1.89 bits per heavy atom. The van der Waals surface area contributed by atoms with Gasteiger partial charge in [-0.25, -0.2) is 14.5 Å². The molecule has 8 nitrogen and oxygen atoms in total. The Morgan fingerprint density at radius 3 is 2.71 bits per heavy atom. The number of fused-ring (bicyclic) bond motifs is 1. The number of nitrogens with zero attached hydrogens (tertiary/aromatic N) is 7. The fourth-order valence-corrected chi connectivity index (χ4v) is 6.52. The van der Waals surface area contributed by atoms with E-state index < -0.39 is 0 Å². The Balaban J connectivity index is 1.08. The van der Waals surface area contributed by atoms with Crippen LogP contribution in [0.5, 0.6) is 5.75 Å². The molecule has 1 saturated heterocycles. The van der Waals surface area contributed by atoms with Gasteiger partial charge in [0.15, 0.2) is 11.5 Å². The van der Waals surface area contributed by atoms with Gasteiger partial charge < -0.3 is 4.74 Å². The highest BCUT2D eigenvalue weighted by molar-refractivity contribution is 8.00. The molecule has 0 unspecified atom stereocenters. The zero-order valence-corrected chi connectivity index (χ0v) is 23.1. The molecule has 1 aliphatic rings. The van der Waals surface area contributed by atoms with Gasteiger partial charge in [0.05, 0.1) is 18.4 Å². The summed E-state index contributed by atoms with van der Waals surface area (Å²) in [5, 5.41) is 11.5. The highest BCUT2D eigenvalue weighted by atomic mass is 32.2. The second-order valence-electron chi connectivity index (χ2n) is 9.52. The number of hydrogen-bond donors (Lipinski definition) is 0. The Hall–Kier alpha value is -3.21. The van der Waals surface area contributed by atoms with E-state index in [1.807, 2.05) is 46.6 Å². The normalized spacial score (nSPS) is 14.0. The summed E-state index contributed by atoms with van der Waals surface area (Å²) in [4.78, 5) is 11.8. The molecule has 0 amide bonds. The Morgan fingerprint density at radius 1 is 1.03 bits per heavy atom. The number of hydrogen-bond acceptors (Lipinski definition) is 8. The number of pyridine rings is 1. The van der Waals surface area contributed by atoms with Gasteiger partial charge in [-0.1, -0.05) is 30.0 Å². The van der Waals surface area contributed by atoms with Crippen molar-refractivity contribution in [3.8, 4) is 17.0 Å². The van der Waals surface area contributed by atoms with Crippen LogP contribution in [0.4, 0.5) is 0 Å². The highest BCUT2D eigenvalue weighted by Crippen LogP contribution is 2.24. The number of ether oxygens (including phenoxy) is 1. The number of thiazole rings is 1. The van der Waals surface area contributed by atoms with E-state index in [0.29, 0.717) is 6.42 Å². The van der Waals surface area contributed by atoms with E-state index in [9.17, 15) is 0 Å². The van der Waals surface area contributed by atoms with Crippen LogP contribution < -0.4 is 4.74 Å². The zero-order valence-electron chi connectivity index (χ0n) is 21.5. The topological polar surface area (TPSA) is 73.4 Å². The van der Waals surface area contributed by atoms with Crippen molar-refractivity contribution >= 4 is 28.7 Å². The first-order valence-electron chi connectivity index (χ1n) is 13.1. The van der Waals surface area contributed by atoms with Crippen LogP contribution in [0.15, 0.2) is 64.6 Å². The number of aryl methyl sites for hydroxylation is 2. The smallest absolute Gasteiger partial charge is 0.156 e. The molecule has 38 heavy (non-hydrogen) atoms. The predicted octanol–water partition coefficient (Wildman–Crippen LogP) is 5.22.